The maximum Gasteiger partial charge on any atom is 0.303 e. The number of halogens is 1. The monoisotopic (exact) mass is 476 g/mol. The van der Waals surface area contributed by atoms with Gasteiger partial charge in [0, 0.05) is 22.9 Å². The van der Waals surface area contributed by atoms with Crippen LogP contribution in [-0.2, 0) is 29.1 Å². The number of fused-ring (bicyclic) bond motifs is 2. The summed E-state index contributed by atoms with van der Waals surface area (Å²) in [6.45, 7) is 0.305. The first-order valence-electron chi connectivity index (χ1n) is 11.0. The first kappa shape index (κ1) is 22.5. The maximum absolute atomic E-state index is 14.3. The molecule has 178 valence electrons. The van der Waals surface area contributed by atoms with E-state index in [2.05, 4.69) is 5.18 Å². The summed E-state index contributed by atoms with van der Waals surface area (Å²) < 4.78 is 26.6. The van der Waals surface area contributed by atoms with Gasteiger partial charge in [0.2, 0.25) is 5.88 Å². The Morgan fingerprint density at radius 2 is 1.86 bits per heavy atom. The van der Waals surface area contributed by atoms with Gasteiger partial charge < -0.3 is 24.3 Å². The number of nitroso groups, excluding NO2 is 1. The minimum Gasteiger partial charge on any atom is -0.493 e. The van der Waals surface area contributed by atoms with Gasteiger partial charge in [-0.3, -0.25) is 4.79 Å². The Hall–Kier alpha value is -4.24. The molecule has 0 atom stereocenters. The zero-order chi connectivity index (χ0) is 24.5. The SMILES string of the molecule is O=Nc1c(O)n(Cc2cc(F)cc3c2OCOC3)c2cc(-c3ccc(CCC(=O)O)cc3)ccc12. The predicted molar refractivity (Wildman–Crippen MR) is 126 cm³/mol. The molecule has 9 heteroatoms. The Kier molecular flexibility index (Phi) is 5.92. The zero-order valence-electron chi connectivity index (χ0n) is 18.5. The Morgan fingerprint density at radius 3 is 2.60 bits per heavy atom. The van der Waals surface area contributed by atoms with E-state index in [1.54, 1.807) is 6.07 Å². The maximum atomic E-state index is 14.3. The van der Waals surface area contributed by atoms with Crippen LogP contribution in [0.3, 0.4) is 0 Å². The van der Waals surface area contributed by atoms with Crippen molar-refractivity contribution in [3.63, 3.8) is 0 Å². The summed E-state index contributed by atoms with van der Waals surface area (Å²) >= 11 is 0. The van der Waals surface area contributed by atoms with Crippen molar-refractivity contribution in [2.24, 2.45) is 5.18 Å². The summed E-state index contributed by atoms with van der Waals surface area (Å²) in [6.07, 6.45) is 0.490. The van der Waals surface area contributed by atoms with E-state index in [4.69, 9.17) is 14.6 Å². The lowest BCUT2D eigenvalue weighted by Gasteiger charge is -2.21. The van der Waals surface area contributed by atoms with E-state index in [0.717, 1.165) is 16.7 Å². The van der Waals surface area contributed by atoms with Crippen LogP contribution in [0.2, 0.25) is 0 Å². The van der Waals surface area contributed by atoms with Crippen molar-refractivity contribution in [2.45, 2.75) is 26.0 Å². The lowest BCUT2D eigenvalue weighted by Crippen LogP contribution is -2.14. The molecule has 0 bridgehead atoms. The number of ether oxygens (including phenoxy) is 2. The summed E-state index contributed by atoms with van der Waals surface area (Å²) in [5.41, 5.74) is 4.14. The smallest absolute Gasteiger partial charge is 0.303 e. The van der Waals surface area contributed by atoms with Gasteiger partial charge >= 0.3 is 5.97 Å². The molecule has 35 heavy (non-hydrogen) atoms. The number of nitrogens with zero attached hydrogens (tertiary/aromatic N) is 2. The molecule has 0 fully saturated rings. The third-order valence-electron chi connectivity index (χ3n) is 6.10. The molecule has 0 unspecified atom stereocenters. The van der Waals surface area contributed by atoms with Crippen LogP contribution in [0.4, 0.5) is 10.1 Å². The first-order valence-corrected chi connectivity index (χ1v) is 11.0. The highest BCUT2D eigenvalue weighted by molar-refractivity contribution is 5.97. The molecular weight excluding hydrogens is 455 g/mol. The molecule has 2 N–H and O–H groups in total. The van der Waals surface area contributed by atoms with Crippen LogP contribution in [0.25, 0.3) is 22.0 Å². The number of rotatable bonds is 7. The molecule has 0 saturated heterocycles. The van der Waals surface area contributed by atoms with Gasteiger partial charge in [-0.15, -0.1) is 4.91 Å². The number of aryl methyl sites for hydroxylation is 1. The topological polar surface area (TPSA) is 110 Å². The van der Waals surface area contributed by atoms with Crippen molar-refractivity contribution in [2.75, 3.05) is 6.79 Å². The highest BCUT2D eigenvalue weighted by Crippen LogP contribution is 2.41. The number of aliphatic carboxylic acids is 1. The molecule has 0 radical (unpaired) electrons. The van der Waals surface area contributed by atoms with E-state index in [1.165, 1.54) is 16.7 Å². The average Bonchev–Trinajstić information content (AvgIpc) is 3.12. The van der Waals surface area contributed by atoms with Crippen molar-refractivity contribution in [1.82, 2.24) is 4.57 Å². The molecule has 1 aromatic heterocycles. The van der Waals surface area contributed by atoms with Crippen LogP contribution in [0.5, 0.6) is 11.6 Å². The first-order chi connectivity index (χ1) is 16.9. The van der Waals surface area contributed by atoms with Crippen LogP contribution in [0, 0.1) is 10.7 Å². The molecule has 8 nitrogen and oxygen atoms in total. The fourth-order valence-electron chi connectivity index (χ4n) is 4.41. The van der Waals surface area contributed by atoms with Crippen LogP contribution >= 0.6 is 0 Å². The summed E-state index contributed by atoms with van der Waals surface area (Å²) in [5.74, 6) is -1.13. The molecule has 5 rings (SSSR count). The molecule has 2 heterocycles. The number of hydrogen-bond acceptors (Lipinski definition) is 6. The quantitative estimate of drug-likeness (QED) is 0.342. The summed E-state index contributed by atoms with van der Waals surface area (Å²) in [7, 11) is 0. The van der Waals surface area contributed by atoms with Crippen LogP contribution in [0.1, 0.15) is 23.1 Å². The van der Waals surface area contributed by atoms with Crippen molar-refractivity contribution >= 4 is 22.6 Å². The van der Waals surface area contributed by atoms with Crippen LogP contribution in [0.15, 0.2) is 59.8 Å². The van der Waals surface area contributed by atoms with Gasteiger partial charge in [-0.2, -0.15) is 0 Å². The fraction of sp³-hybridized carbons (Fsp3) is 0.192. The van der Waals surface area contributed by atoms with E-state index in [-0.39, 0.29) is 37.9 Å². The van der Waals surface area contributed by atoms with E-state index >= 15 is 0 Å². The summed E-state index contributed by atoms with van der Waals surface area (Å²) in [5, 5.41) is 23.2. The van der Waals surface area contributed by atoms with Gasteiger partial charge in [-0.25, -0.2) is 4.39 Å². The van der Waals surface area contributed by atoms with Crippen molar-refractivity contribution < 1.29 is 28.9 Å². The van der Waals surface area contributed by atoms with E-state index in [9.17, 15) is 19.2 Å². The number of carboxylic acid groups (broad SMARTS) is 1. The number of hydrogen-bond donors (Lipinski definition) is 2. The second kappa shape index (κ2) is 9.19. The van der Waals surface area contributed by atoms with Gasteiger partial charge in [-0.1, -0.05) is 30.3 Å². The zero-order valence-corrected chi connectivity index (χ0v) is 18.5. The van der Waals surface area contributed by atoms with Gasteiger partial charge in [0.05, 0.1) is 18.7 Å². The number of aromatic nitrogens is 1. The van der Waals surface area contributed by atoms with Crippen molar-refractivity contribution in [1.29, 1.82) is 0 Å². The summed E-state index contributed by atoms with van der Waals surface area (Å²) in [4.78, 5) is 22.3. The van der Waals surface area contributed by atoms with E-state index < -0.39 is 11.8 Å². The highest BCUT2D eigenvalue weighted by Gasteiger charge is 2.22. The normalized spacial score (nSPS) is 12.8. The minimum atomic E-state index is -0.850. The standard InChI is InChI=1S/C26H21FN2O6/c27-20-9-18(25-19(10-20)13-34-14-35-25)12-29-22-11-17(6-7-21(22)24(28-33)26(29)32)16-4-1-15(2-5-16)3-8-23(30)31/h1-2,4-7,9-11,32H,3,8,12-14H2,(H,30,31). The molecule has 0 saturated carbocycles. The lowest BCUT2D eigenvalue weighted by atomic mass is 10.0. The Balaban J connectivity index is 1.56. The molecule has 0 spiro atoms. The van der Waals surface area contributed by atoms with Crippen LogP contribution < -0.4 is 4.74 Å². The third-order valence-corrected chi connectivity index (χ3v) is 6.10. The fourth-order valence-corrected chi connectivity index (χ4v) is 4.41. The lowest BCUT2D eigenvalue weighted by molar-refractivity contribution is -0.136. The molecular formula is C26H21FN2O6. The van der Waals surface area contributed by atoms with Crippen LogP contribution in [-0.4, -0.2) is 27.5 Å². The number of carboxylic acids is 1. The van der Waals surface area contributed by atoms with Gasteiger partial charge in [0.15, 0.2) is 12.5 Å². The molecule has 1 aliphatic rings. The average molecular weight is 476 g/mol. The number of benzene rings is 3. The van der Waals surface area contributed by atoms with Crippen molar-refractivity contribution in [3.05, 3.63) is 82.0 Å². The second-order valence-corrected chi connectivity index (χ2v) is 8.34. The molecule has 1 aliphatic heterocycles. The largest absolute Gasteiger partial charge is 0.493 e. The van der Waals surface area contributed by atoms with E-state index in [1.807, 2.05) is 36.4 Å². The van der Waals surface area contributed by atoms with Crippen molar-refractivity contribution in [3.8, 4) is 22.8 Å². The minimum absolute atomic E-state index is 0.0395. The number of aromatic hydroxyl groups is 1. The Labute approximate surface area is 199 Å². The van der Waals surface area contributed by atoms with Gasteiger partial charge in [-0.05, 0) is 52.6 Å². The van der Waals surface area contributed by atoms with Gasteiger partial charge in [0.25, 0.3) is 0 Å². The summed E-state index contributed by atoms with van der Waals surface area (Å²) in [6, 6.07) is 15.6. The number of carbonyl (C=O) groups is 1. The second-order valence-electron chi connectivity index (χ2n) is 8.34. The van der Waals surface area contributed by atoms with E-state index in [0.29, 0.717) is 34.2 Å². The third kappa shape index (κ3) is 4.33. The Bertz CT molecular complexity index is 1440. The molecule has 4 aromatic rings. The predicted octanol–water partition coefficient (Wildman–Crippen LogP) is 5.48. The molecule has 0 aliphatic carbocycles. The van der Waals surface area contributed by atoms with Gasteiger partial charge in [0.1, 0.15) is 11.6 Å². The molecule has 0 amide bonds. The molecule has 3 aromatic carbocycles. The highest BCUT2D eigenvalue weighted by atomic mass is 19.1. The Morgan fingerprint density at radius 1 is 1.09 bits per heavy atom.